The van der Waals surface area contributed by atoms with Crippen molar-refractivity contribution in [2.75, 3.05) is 0 Å². The molecule has 14 heavy (non-hydrogen) atoms. The minimum Gasteiger partial charge on any atom is -0.375 e. The lowest BCUT2D eigenvalue weighted by Crippen LogP contribution is -2.52. The van der Waals surface area contributed by atoms with Crippen LogP contribution in [0, 0.1) is 0 Å². The van der Waals surface area contributed by atoms with Crippen LogP contribution < -0.4 is 10.6 Å². The Hall–Kier alpha value is -0.640. The maximum absolute atomic E-state index is 11.0. The molecule has 1 rings (SSSR count). The molecule has 0 spiro atoms. The molecule has 0 aliphatic heterocycles. The third kappa shape index (κ3) is 3.62. The molecule has 1 aliphatic rings. The fraction of sp³-hybridized carbons (Fsp3) is 0.800. The van der Waals surface area contributed by atoms with Gasteiger partial charge in [0.1, 0.15) is 0 Å². The smallest absolute Gasteiger partial charge is 0.217 e. The monoisotopic (exact) mass is 214 g/mol. The van der Waals surface area contributed by atoms with Gasteiger partial charge in [-0.2, -0.15) is 0 Å². The standard InChI is InChI=1S/C10H18N2OS/c1-7(13)11-9-5-3-4-6-10(9)12-8(2)14/h9-10H,3-6H2,1-2H3,(H,11,13)(H,12,14). The minimum atomic E-state index is 0.0470. The van der Waals surface area contributed by atoms with Gasteiger partial charge in [-0.3, -0.25) is 4.79 Å². The van der Waals surface area contributed by atoms with Crippen molar-refractivity contribution in [3.63, 3.8) is 0 Å². The number of nitrogens with one attached hydrogen (secondary N) is 2. The van der Waals surface area contributed by atoms with E-state index in [0.29, 0.717) is 6.04 Å². The van der Waals surface area contributed by atoms with Crippen molar-refractivity contribution < 1.29 is 4.79 Å². The zero-order valence-electron chi connectivity index (χ0n) is 8.80. The van der Waals surface area contributed by atoms with Gasteiger partial charge in [0.2, 0.25) is 5.91 Å². The highest BCUT2D eigenvalue weighted by atomic mass is 32.1. The van der Waals surface area contributed by atoms with E-state index < -0.39 is 0 Å². The van der Waals surface area contributed by atoms with Gasteiger partial charge >= 0.3 is 0 Å². The molecule has 2 N–H and O–H groups in total. The first kappa shape index (κ1) is 11.4. The topological polar surface area (TPSA) is 41.1 Å². The second-order valence-electron chi connectivity index (χ2n) is 3.90. The minimum absolute atomic E-state index is 0.0470. The Labute approximate surface area is 90.6 Å². The lowest BCUT2D eigenvalue weighted by atomic mass is 9.90. The van der Waals surface area contributed by atoms with Gasteiger partial charge in [0, 0.05) is 19.0 Å². The van der Waals surface area contributed by atoms with Gasteiger partial charge in [0.15, 0.2) is 0 Å². The van der Waals surface area contributed by atoms with E-state index in [9.17, 15) is 4.79 Å². The molecule has 0 aromatic heterocycles. The lowest BCUT2D eigenvalue weighted by Gasteiger charge is -2.32. The molecule has 0 heterocycles. The summed E-state index contributed by atoms with van der Waals surface area (Å²) in [5.41, 5.74) is 0. The zero-order valence-corrected chi connectivity index (χ0v) is 9.62. The third-order valence-corrected chi connectivity index (χ3v) is 2.66. The Morgan fingerprint density at radius 2 is 1.64 bits per heavy atom. The van der Waals surface area contributed by atoms with Gasteiger partial charge in [-0.05, 0) is 19.8 Å². The third-order valence-electron chi connectivity index (χ3n) is 2.54. The van der Waals surface area contributed by atoms with Gasteiger partial charge in [0.25, 0.3) is 0 Å². The average molecular weight is 214 g/mol. The quantitative estimate of drug-likeness (QED) is 0.682. The van der Waals surface area contributed by atoms with Crippen molar-refractivity contribution in [2.24, 2.45) is 0 Å². The Morgan fingerprint density at radius 3 is 2.07 bits per heavy atom. The highest BCUT2D eigenvalue weighted by molar-refractivity contribution is 7.80. The van der Waals surface area contributed by atoms with Gasteiger partial charge in [-0.25, -0.2) is 0 Å². The van der Waals surface area contributed by atoms with E-state index in [0.717, 1.165) is 17.8 Å². The number of thiocarbonyl (C=S) groups is 1. The summed E-state index contributed by atoms with van der Waals surface area (Å²) in [4.78, 5) is 11.8. The Bertz CT molecular complexity index is 206. The predicted molar refractivity (Wildman–Crippen MR) is 61.3 cm³/mol. The van der Waals surface area contributed by atoms with Crippen LogP contribution in [-0.2, 0) is 4.79 Å². The average Bonchev–Trinajstić information content (AvgIpc) is 2.06. The lowest BCUT2D eigenvalue weighted by molar-refractivity contribution is -0.120. The Balaban J connectivity index is 2.49. The molecule has 0 saturated heterocycles. The molecule has 0 radical (unpaired) electrons. The van der Waals surface area contributed by atoms with Crippen LogP contribution in [0.2, 0.25) is 0 Å². The van der Waals surface area contributed by atoms with Crippen LogP contribution in [0.3, 0.4) is 0 Å². The molecular formula is C10H18N2OS. The zero-order chi connectivity index (χ0) is 10.6. The largest absolute Gasteiger partial charge is 0.375 e. The fourth-order valence-electron chi connectivity index (χ4n) is 2.00. The number of hydrogen-bond acceptors (Lipinski definition) is 2. The van der Waals surface area contributed by atoms with Crippen molar-refractivity contribution in [3.05, 3.63) is 0 Å². The number of hydrogen-bond donors (Lipinski definition) is 2. The van der Waals surface area contributed by atoms with Crippen molar-refractivity contribution in [2.45, 2.75) is 51.6 Å². The molecule has 4 heteroatoms. The van der Waals surface area contributed by atoms with Gasteiger partial charge in [-0.15, -0.1) is 0 Å². The van der Waals surface area contributed by atoms with Crippen molar-refractivity contribution >= 4 is 23.1 Å². The molecule has 0 aromatic carbocycles. The van der Waals surface area contributed by atoms with Crippen molar-refractivity contribution in [3.8, 4) is 0 Å². The van der Waals surface area contributed by atoms with Crippen LogP contribution in [0.5, 0.6) is 0 Å². The van der Waals surface area contributed by atoms with Gasteiger partial charge in [-0.1, -0.05) is 25.1 Å². The summed E-state index contributed by atoms with van der Waals surface area (Å²) in [5.74, 6) is 0.0470. The molecule has 2 atom stereocenters. The molecular weight excluding hydrogens is 196 g/mol. The van der Waals surface area contributed by atoms with E-state index in [1.165, 1.54) is 12.8 Å². The summed E-state index contributed by atoms with van der Waals surface area (Å²) in [6.45, 7) is 3.45. The summed E-state index contributed by atoms with van der Waals surface area (Å²) in [5, 5.41) is 6.23. The number of amides is 1. The first-order chi connectivity index (χ1) is 6.59. The van der Waals surface area contributed by atoms with Gasteiger partial charge < -0.3 is 10.6 Å². The number of rotatable bonds is 2. The van der Waals surface area contributed by atoms with E-state index >= 15 is 0 Å². The van der Waals surface area contributed by atoms with Crippen molar-refractivity contribution in [1.29, 1.82) is 0 Å². The Kier molecular flexibility index (Phi) is 4.32. The number of carbonyl (C=O) groups excluding carboxylic acids is 1. The van der Waals surface area contributed by atoms with Crippen LogP contribution in [-0.4, -0.2) is 23.0 Å². The number of carbonyl (C=O) groups is 1. The summed E-state index contributed by atoms with van der Waals surface area (Å²) in [6.07, 6.45) is 4.56. The van der Waals surface area contributed by atoms with E-state index in [4.69, 9.17) is 12.2 Å². The Morgan fingerprint density at radius 1 is 1.14 bits per heavy atom. The van der Waals surface area contributed by atoms with Gasteiger partial charge in [0.05, 0.1) is 4.99 Å². The van der Waals surface area contributed by atoms with Crippen LogP contribution in [0.15, 0.2) is 0 Å². The second-order valence-corrected chi connectivity index (χ2v) is 4.51. The van der Waals surface area contributed by atoms with Crippen LogP contribution in [0.4, 0.5) is 0 Å². The normalized spacial score (nSPS) is 26.7. The second kappa shape index (κ2) is 5.29. The predicted octanol–water partition coefficient (Wildman–Crippen LogP) is 1.37. The molecule has 1 aliphatic carbocycles. The summed E-state index contributed by atoms with van der Waals surface area (Å²) in [6, 6.07) is 0.573. The van der Waals surface area contributed by atoms with E-state index in [1.54, 1.807) is 6.92 Å². The van der Waals surface area contributed by atoms with Crippen LogP contribution in [0.25, 0.3) is 0 Å². The summed E-state index contributed by atoms with van der Waals surface area (Å²) >= 11 is 5.02. The van der Waals surface area contributed by atoms with Crippen LogP contribution >= 0.6 is 12.2 Å². The highest BCUT2D eigenvalue weighted by Crippen LogP contribution is 2.18. The van der Waals surface area contributed by atoms with E-state index in [-0.39, 0.29) is 11.9 Å². The van der Waals surface area contributed by atoms with E-state index in [1.807, 2.05) is 6.92 Å². The van der Waals surface area contributed by atoms with E-state index in [2.05, 4.69) is 10.6 Å². The molecule has 1 amide bonds. The molecule has 0 aromatic rings. The SMILES string of the molecule is CC(=O)NC1CCCCC1NC(C)=S. The molecule has 2 unspecified atom stereocenters. The first-order valence-electron chi connectivity index (χ1n) is 5.14. The summed E-state index contributed by atoms with van der Waals surface area (Å²) < 4.78 is 0. The molecule has 80 valence electrons. The van der Waals surface area contributed by atoms with Crippen LogP contribution in [0.1, 0.15) is 39.5 Å². The first-order valence-corrected chi connectivity index (χ1v) is 5.54. The van der Waals surface area contributed by atoms with Crippen molar-refractivity contribution in [1.82, 2.24) is 10.6 Å². The maximum Gasteiger partial charge on any atom is 0.217 e. The molecule has 3 nitrogen and oxygen atoms in total. The highest BCUT2D eigenvalue weighted by Gasteiger charge is 2.25. The molecule has 1 fully saturated rings. The molecule has 0 bridgehead atoms. The fourth-order valence-corrected chi connectivity index (χ4v) is 2.15. The summed E-state index contributed by atoms with van der Waals surface area (Å²) in [7, 11) is 0. The maximum atomic E-state index is 11.0. The molecule has 1 saturated carbocycles.